The number of hydrogen-bond acceptors (Lipinski definition) is 3. The van der Waals surface area contributed by atoms with Crippen LogP contribution in [0.3, 0.4) is 0 Å². The van der Waals surface area contributed by atoms with Crippen LogP contribution in [-0.4, -0.2) is 15.5 Å². The summed E-state index contributed by atoms with van der Waals surface area (Å²) in [6.45, 7) is 4.20. The Kier molecular flexibility index (Phi) is 4.68. The quantitative estimate of drug-likeness (QED) is 0.717. The molecule has 0 heterocycles. The van der Waals surface area contributed by atoms with Crippen molar-refractivity contribution in [3.8, 4) is 5.75 Å². The molecule has 1 N–H and O–H groups in total. The highest BCUT2D eigenvalue weighted by atomic mass is 32.2. The Labute approximate surface area is 148 Å². The number of rotatable bonds is 5. The van der Waals surface area contributed by atoms with Crippen LogP contribution in [-0.2, 0) is 10.0 Å². The van der Waals surface area contributed by atoms with E-state index in [0.29, 0.717) is 11.6 Å². The Morgan fingerprint density at radius 3 is 2.16 bits per heavy atom. The van der Waals surface area contributed by atoms with Crippen LogP contribution in [0, 0.1) is 0 Å². The summed E-state index contributed by atoms with van der Waals surface area (Å²) in [5.41, 5.74) is 1.72. The van der Waals surface area contributed by atoms with E-state index in [1.807, 2.05) is 30.3 Å². The minimum Gasteiger partial charge on any atom is -0.497 e. The topological polar surface area (TPSA) is 55.4 Å². The summed E-state index contributed by atoms with van der Waals surface area (Å²) in [5, 5.41) is 1.78. The second-order valence-corrected chi connectivity index (χ2v) is 7.94. The Morgan fingerprint density at radius 2 is 1.52 bits per heavy atom. The number of nitrogens with one attached hydrogen (secondary N) is 1. The average molecular weight is 355 g/mol. The molecule has 4 nitrogen and oxygen atoms in total. The van der Waals surface area contributed by atoms with Crippen molar-refractivity contribution in [1.29, 1.82) is 0 Å². The maximum absolute atomic E-state index is 12.7. The normalized spacial score (nSPS) is 11.7. The first kappa shape index (κ1) is 17.3. The first-order valence-corrected chi connectivity index (χ1v) is 9.58. The molecule has 0 atom stereocenters. The lowest BCUT2D eigenvalue weighted by Gasteiger charge is -2.11. The highest BCUT2D eigenvalue weighted by Crippen LogP contribution is 2.25. The number of anilines is 1. The molecule has 0 spiro atoms. The molecule has 0 saturated carbocycles. The van der Waals surface area contributed by atoms with Gasteiger partial charge in [-0.25, -0.2) is 8.42 Å². The molecule has 0 saturated heterocycles. The van der Waals surface area contributed by atoms with E-state index in [9.17, 15) is 8.42 Å². The van der Waals surface area contributed by atoms with Crippen LogP contribution in [0.4, 0.5) is 5.69 Å². The van der Waals surface area contributed by atoms with Crippen LogP contribution in [0.2, 0.25) is 0 Å². The second-order valence-electron chi connectivity index (χ2n) is 6.26. The average Bonchev–Trinajstić information content (AvgIpc) is 2.60. The predicted octanol–water partition coefficient (Wildman–Crippen LogP) is 4.77. The summed E-state index contributed by atoms with van der Waals surface area (Å²) in [7, 11) is -2.03. The first-order chi connectivity index (χ1) is 11.9. The molecule has 5 heteroatoms. The highest BCUT2D eigenvalue weighted by molar-refractivity contribution is 7.92. The van der Waals surface area contributed by atoms with E-state index in [-0.39, 0.29) is 4.90 Å². The molecule has 0 fully saturated rings. The van der Waals surface area contributed by atoms with Crippen LogP contribution in [0.15, 0.2) is 65.6 Å². The Bertz CT molecular complexity index is 993. The van der Waals surface area contributed by atoms with E-state index in [4.69, 9.17) is 4.74 Å². The van der Waals surface area contributed by atoms with Gasteiger partial charge in [0.05, 0.1) is 12.0 Å². The summed E-state index contributed by atoms with van der Waals surface area (Å²) < 4.78 is 33.1. The van der Waals surface area contributed by atoms with Crippen molar-refractivity contribution >= 4 is 26.5 Å². The zero-order chi connectivity index (χ0) is 18.0. The minimum atomic E-state index is -3.63. The fourth-order valence-corrected chi connectivity index (χ4v) is 3.74. The van der Waals surface area contributed by atoms with Crippen molar-refractivity contribution in [3.05, 3.63) is 66.2 Å². The van der Waals surface area contributed by atoms with Gasteiger partial charge in [0.25, 0.3) is 10.0 Å². The van der Waals surface area contributed by atoms with E-state index in [1.165, 1.54) is 5.56 Å². The molecule has 25 heavy (non-hydrogen) atoms. The van der Waals surface area contributed by atoms with Crippen molar-refractivity contribution in [2.75, 3.05) is 11.8 Å². The molecule has 0 amide bonds. The molecule has 0 aliphatic heterocycles. The van der Waals surface area contributed by atoms with Crippen LogP contribution in [0.25, 0.3) is 10.8 Å². The molecule has 0 unspecified atom stereocenters. The number of benzene rings is 3. The SMILES string of the molecule is COc1ccc2cc(S(=O)(=O)Nc3ccc(C(C)C)cc3)ccc2c1. The largest absolute Gasteiger partial charge is 0.497 e. The number of methoxy groups -OCH3 is 1. The third kappa shape index (κ3) is 3.77. The molecule has 0 aliphatic carbocycles. The van der Waals surface area contributed by atoms with Gasteiger partial charge in [-0.15, -0.1) is 0 Å². The highest BCUT2D eigenvalue weighted by Gasteiger charge is 2.15. The summed E-state index contributed by atoms with van der Waals surface area (Å²) in [5.74, 6) is 1.15. The first-order valence-electron chi connectivity index (χ1n) is 8.09. The van der Waals surface area contributed by atoms with Gasteiger partial charge in [0, 0.05) is 5.69 Å². The molecule has 0 aliphatic rings. The van der Waals surface area contributed by atoms with Gasteiger partial charge in [-0.2, -0.15) is 0 Å². The number of hydrogen-bond donors (Lipinski definition) is 1. The Morgan fingerprint density at radius 1 is 0.880 bits per heavy atom. The zero-order valence-electron chi connectivity index (χ0n) is 14.5. The van der Waals surface area contributed by atoms with Gasteiger partial charge in [-0.3, -0.25) is 4.72 Å². The summed E-state index contributed by atoms with van der Waals surface area (Å²) >= 11 is 0. The molecule has 0 aromatic heterocycles. The number of ether oxygens (including phenoxy) is 1. The van der Waals surface area contributed by atoms with Crippen LogP contribution in [0.5, 0.6) is 5.75 Å². The van der Waals surface area contributed by atoms with Gasteiger partial charge in [-0.1, -0.05) is 38.1 Å². The van der Waals surface area contributed by atoms with Gasteiger partial charge >= 0.3 is 0 Å². The van der Waals surface area contributed by atoms with Crippen molar-refractivity contribution in [2.24, 2.45) is 0 Å². The summed E-state index contributed by atoms with van der Waals surface area (Å²) in [4.78, 5) is 0.234. The van der Waals surface area contributed by atoms with Gasteiger partial charge in [0.1, 0.15) is 5.75 Å². The van der Waals surface area contributed by atoms with E-state index >= 15 is 0 Å². The molecular formula is C20H21NO3S. The number of sulfonamides is 1. The molecule has 130 valence electrons. The third-order valence-corrected chi connectivity index (χ3v) is 5.54. The van der Waals surface area contributed by atoms with E-state index in [1.54, 1.807) is 37.4 Å². The lowest BCUT2D eigenvalue weighted by molar-refractivity contribution is 0.415. The van der Waals surface area contributed by atoms with Crippen molar-refractivity contribution < 1.29 is 13.2 Å². The van der Waals surface area contributed by atoms with E-state index < -0.39 is 10.0 Å². The van der Waals surface area contributed by atoms with E-state index in [2.05, 4.69) is 18.6 Å². The maximum atomic E-state index is 12.7. The zero-order valence-corrected chi connectivity index (χ0v) is 15.3. The van der Waals surface area contributed by atoms with Crippen molar-refractivity contribution in [1.82, 2.24) is 0 Å². The maximum Gasteiger partial charge on any atom is 0.261 e. The summed E-state index contributed by atoms with van der Waals surface area (Å²) in [6.07, 6.45) is 0. The smallest absolute Gasteiger partial charge is 0.261 e. The van der Waals surface area contributed by atoms with Crippen LogP contribution < -0.4 is 9.46 Å². The molecule has 3 rings (SSSR count). The van der Waals surface area contributed by atoms with Crippen LogP contribution in [0.1, 0.15) is 25.3 Å². The molecular weight excluding hydrogens is 334 g/mol. The van der Waals surface area contributed by atoms with Gasteiger partial charge < -0.3 is 4.74 Å². The Balaban J connectivity index is 1.89. The van der Waals surface area contributed by atoms with Gasteiger partial charge in [0.15, 0.2) is 0 Å². The summed E-state index contributed by atoms with van der Waals surface area (Å²) in [6, 6.07) is 18.1. The Hall–Kier alpha value is -2.53. The molecule has 3 aromatic rings. The van der Waals surface area contributed by atoms with Crippen LogP contribution >= 0.6 is 0 Å². The lowest BCUT2D eigenvalue weighted by atomic mass is 10.0. The third-order valence-electron chi connectivity index (χ3n) is 4.16. The monoisotopic (exact) mass is 355 g/mol. The number of fused-ring (bicyclic) bond motifs is 1. The fraction of sp³-hybridized carbons (Fsp3) is 0.200. The molecule has 3 aromatic carbocycles. The van der Waals surface area contributed by atoms with Crippen molar-refractivity contribution in [3.63, 3.8) is 0 Å². The predicted molar refractivity (Wildman–Crippen MR) is 102 cm³/mol. The molecule has 0 bridgehead atoms. The standard InChI is InChI=1S/C20H21NO3S/c1-14(2)15-4-8-18(9-5-15)21-25(22,23)20-11-7-16-12-19(24-3)10-6-17(16)13-20/h4-14,21H,1-3H3. The van der Waals surface area contributed by atoms with Gasteiger partial charge in [0.2, 0.25) is 0 Å². The minimum absolute atomic E-state index is 0.234. The second kappa shape index (κ2) is 6.76. The molecule has 0 radical (unpaired) electrons. The van der Waals surface area contributed by atoms with Crippen molar-refractivity contribution in [2.45, 2.75) is 24.7 Å². The van der Waals surface area contributed by atoms with E-state index in [0.717, 1.165) is 16.5 Å². The fourth-order valence-electron chi connectivity index (χ4n) is 2.65. The lowest BCUT2D eigenvalue weighted by Crippen LogP contribution is -2.12. The van der Waals surface area contributed by atoms with Gasteiger partial charge in [-0.05, 0) is 58.7 Å².